The molecule has 0 radical (unpaired) electrons. The van der Waals surface area contributed by atoms with Crippen molar-refractivity contribution in [2.75, 3.05) is 6.54 Å². The molecule has 1 saturated carbocycles. The number of carbonyl (C=O) groups is 4. The Bertz CT molecular complexity index is 1300. The zero-order valence-corrected chi connectivity index (χ0v) is 26.2. The average molecular weight is 617 g/mol. The van der Waals surface area contributed by atoms with E-state index >= 15 is 0 Å². The molecule has 10 nitrogen and oxygen atoms in total. The van der Waals surface area contributed by atoms with Gasteiger partial charge in [-0.2, -0.15) is 0 Å². The summed E-state index contributed by atoms with van der Waals surface area (Å²) in [6.45, 7) is 5.54. The van der Waals surface area contributed by atoms with E-state index in [9.17, 15) is 23.6 Å². The van der Waals surface area contributed by atoms with Gasteiger partial charge < -0.3 is 25.0 Å². The zero-order valence-electron chi connectivity index (χ0n) is 25.1. The van der Waals surface area contributed by atoms with Crippen LogP contribution in [0.4, 0.5) is 14.0 Å². The van der Waals surface area contributed by atoms with Crippen LogP contribution in [0.3, 0.4) is 0 Å². The van der Waals surface area contributed by atoms with E-state index in [1.807, 2.05) is 0 Å². The summed E-state index contributed by atoms with van der Waals surface area (Å²) in [5.74, 6) is -0.938. The maximum absolute atomic E-state index is 14.3. The van der Waals surface area contributed by atoms with Crippen molar-refractivity contribution in [2.24, 2.45) is 5.92 Å². The lowest BCUT2D eigenvalue weighted by Crippen LogP contribution is -2.55. The molecule has 1 aromatic rings. The molecule has 43 heavy (non-hydrogen) atoms. The summed E-state index contributed by atoms with van der Waals surface area (Å²) in [6.07, 6.45) is 6.88. The average Bonchev–Trinajstić information content (AvgIpc) is 3.25. The number of hydrogen-bond donors (Lipinski definition) is 2. The molecule has 1 unspecified atom stereocenters. The van der Waals surface area contributed by atoms with Crippen molar-refractivity contribution < 1.29 is 33.0 Å². The van der Waals surface area contributed by atoms with Gasteiger partial charge >= 0.3 is 12.2 Å². The highest BCUT2D eigenvalue weighted by atomic mass is 31.0. The van der Waals surface area contributed by atoms with Gasteiger partial charge in [0.05, 0.1) is 18.4 Å². The lowest BCUT2D eigenvalue weighted by Gasteiger charge is -2.30. The van der Waals surface area contributed by atoms with Gasteiger partial charge in [0, 0.05) is 24.4 Å². The number of hydrogen-bond acceptors (Lipinski definition) is 6. The second-order valence-electron chi connectivity index (χ2n) is 13.1. The highest BCUT2D eigenvalue weighted by Gasteiger charge is 2.52. The fourth-order valence-corrected chi connectivity index (χ4v) is 6.57. The molecular formula is C31H42FN4O6P. The minimum Gasteiger partial charge on any atom is -0.444 e. The first-order chi connectivity index (χ1) is 20.3. The van der Waals surface area contributed by atoms with Crippen molar-refractivity contribution in [3.05, 3.63) is 47.3 Å². The highest BCUT2D eigenvalue weighted by Crippen LogP contribution is 2.50. The second-order valence-corrected chi connectivity index (χ2v) is 14.1. The number of nitrogens with one attached hydrogen (secondary N) is 2. The molecule has 5 rings (SSSR count). The fourth-order valence-electron chi connectivity index (χ4n) is 6.06. The molecule has 0 bridgehead atoms. The van der Waals surface area contributed by atoms with Crippen LogP contribution >= 0.6 is 9.24 Å². The second kappa shape index (κ2) is 12.4. The molecule has 3 aliphatic heterocycles. The number of fused-ring (bicyclic) bond motifs is 3. The first kappa shape index (κ1) is 31.2. The molecule has 1 saturated heterocycles. The monoisotopic (exact) mass is 616 g/mol. The van der Waals surface area contributed by atoms with Crippen LogP contribution in [0.5, 0.6) is 0 Å². The van der Waals surface area contributed by atoms with E-state index in [-0.39, 0.29) is 43.7 Å². The van der Waals surface area contributed by atoms with Gasteiger partial charge in [-0.3, -0.25) is 14.5 Å². The van der Waals surface area contributed by atoms with E-state index in [4.69, 9.17) is 9.47 Å². The Kier molecular flexibility index (Phi) is 9.02. The summed E-state index contributed by atoms with van der Waals surface area (Å²) in [4.78, 5) is 56.4. The van der Waals surface area contributed by atoms with Gasteiger partial charge in [0.15, 0.2) is 0 Å². The third kappa shape index (κ3) is 7.48. The van der Waals surface area contributed by atoms with E-state index in [2.05, 4.69) is 32.0 Å². The van der Waals surface area contributed by atoms with Crippen LogP contribution in [0.2, 0.25) is 0 Å². The summed E-state index contributed by atoms with van der Waals surface area (Å²) in [5, 5.41) is 5.34. The van der Waals surface area contributed by atoms with Gasteiger partial charge in [0.1, 0.15) is 29.6 Å². The first-order valence-corrected chi connectivity index (χ1v) is 15.7. The number of halogens is 1. The lowest BCUT2D eigenvalue weighted by atomic mass is 10.0. The lowest BCUT2D eigenvalue weighted by molar-refractivity contribution is -0.140. The summed E-state index contributed by atoms with van der Waals surface area (Å²) < 4.78 is 25.5. The molecule has 0 spiro atoms. The Morgan fingerprint density at radius 1 is 1.16 bits per heavy atom. The van der Waals surface area contributed by atoms with Crippen LogP contribution in [0, 0.1) is 11.7 Å². The Balaban J connectivity index is 1.33. The Hall–Kier alpha value is -3.20. The number of nitrogens with zero attached hydrogens (tertiary/aromatic N) is 2. The van der Waals surface area contributed by atoms with Crippen molar-refractivity contribution in [3.8, 4) is 0 Å². The van der Waals surface area contributed by atoms with Crippen LogP contribution in [0.15, 0.2) is 30.4 Å². The SMILES string of the molecule is CC(C)(C)OC(=O)N[C@H]1CCCCC/C=C\[C@@H]2C[C@@]2(P)NC(=O)[C@@H]2C[C@@H](OC(=O)N3Cc4cccc(F)c4C3)CN2C1=O. The molecule has 6 atom stereocenters. The van der Waals surface area contributed by atoms with Gasteiger partial charge in [0.25, 0.3) is 0 Å². The topological polar surface area (TPSA) is 117 Å². The van der Waals surface area contributed by atoms with E-state index in [0.717, 1.165) is 31.2 Å². The summed E-state index contributed by atoms with van der Waals surface area (Å²) in [5.41, 5.74) is 0.434. The van der Waals surface area contributed by atoms with Crippen molar-refractivity contribution in [1.29, 1.82) is 0 Å². The van der Waals surface area contributed by atoms with E-state index < -0.39 is 47.2 Å². The smallest absolute Gasteiger partial charge is 0.410 e. The summed E-state index contributed by atoms with van der Waals surface area (Å²) in [7, 11) is 2.74. The van der Waals surface area contributed by atoms with Crippen LogP contribution in [-0.4, -0.2) is 69.4 Å². The Labute approximate surface area is 254 Å². The van der Waals surface area contributed by atoms with Gasteiger partial charge in [-0.25, -0.2) is 14.0 Å². The summed E-state index contributed by atoms with van der Waals surface area (Å²) in [6, 6.07) is 2.94. The largest absolute Gasteiger partial charge is 0.444 e. The maximum Gasteiger partial charge on any atom is 0.410 e. The van der Waals surface area contributed by atoms with Crippen LogP contribution in [0.1, 0.15) is 76.8 Å². The molecule has 4 aliphatic rings. The molecule has 2 fully saturated rings. The molecule has 1 aliphatic carbocycles. The molecule has 0 aromatic heterocycles. The van der Waals surface area contributed by atoms with Crippen molar-refractivity contribution in [3.63, 3.8) is 0 Å². The molecule has 12 heteroatoms. The number of ether oxygens (including phenoxy) is 2. The zero-order chi connectivity index (χ0) is 30.9. The number of alkyl carbamates (subject to hydrolysis) is 1. The number of carbonyl (C=O) groups excluding carboxylic acids is 4. The standard InChI is InChI=1S/C31H42FN4O6P/c1-30(2,3)42-28(39)33-24-13-8-6-4-5-7-11-20-15-31(20,43)34-26(37)25-14-21(17-36(25)27(24)38)41-29(40)35-16-19-10-9-12-23(32)22(19)18-35/h7,9-12,20-21,24-25H,4-6,8,13-18,43H2,1-3H3,(H,33,39)(H,34,37)/b11-7-/t20-,21-,24+,25+,31+/m1/s1. The van der Waals surface area contributed by atoms with E-state index in [1.165, 1.54) is 15.9 Å². The van der Waals surface area contributed by atoms with Gasteiger partial charge in [-0.1, -0.05) is 37.1 Å². The van der Waals surface area contributed by atoms with E-state index in [1.54, 1.807) is 32.9 Å². The van der Waals surface area contributed by atoms with Crippen LogP contribution < -0.4 is 10.6 Å². The number of rotatable bonds is 2. The Morgan fingerprint density at radius 2 is 1.95 bits per heavy atom. The predicted octanol–water partition coefficient (Wildman–Crippen LogP) is 4.37. The van der Waals surface area contributed by atoms with E-state index in [0.29, 0.717) is 18.4 Å². The Morgan fingerprint density at radius 3 is 2.70 bits per heavy atom. The molecular weight excluding hydrogens is 574 g/mol. The van der Waals surface area contributed by atoms with Gasteiger partial charge in [0.2, 0.25) is 11.8 Å². The van der Waals surface area contributed by atoms with Crippen LogP contribution in [0.25, 0.3) is 0 Å². The fraction of sp³-hybridized carbons (Fsp3) is 0.613. The molecule has 1 aromatic carbocycles. The van der Waals surface area contributed by atoms with Crippen molar-refractivity contribution in [1.82, 2.24) is 20.4 Å². The third-order valence-corrected chi connectivity index (χ3v) is 9.24. The third-order valence-electron chi connectivity index (χ3n) is 8.44. The minimum atomic E-state index is -0.907. The number of benzene rings is 1. The number of amides is 4. The molecule has 2 N–H and O–H groups in total. The van der Waals surface area contributed by atoms with Crippen molar-refractivity contribution in [2.45, 2.75) is 108 Å². The normalized spacial score (nSPS) is 30.2. The van der Waals surface area contributed by atoms with Crippen LogP contribution in [-0.2, 0) is 32.2 Å². The molecule has 4 amide bonds. The number of allylic oxidation sites excluding steroid dienone is 1. The predicted molar refractivity (Wildman–Crippen MR) is 160 cm³/mol. The summed E-state index contributed by atoms with van der Waals surface area (Å²) >= 11 is 0. The van der Waals surface area contributed by atoms with Gasteiger partial charge in [-0.05, 0) is 58.1 Å². The molecule has 234 valence electrons. The molecule has 3 heterocycles. The minimum absolute atomic E-state index is 0.00248. The first-order valence-electron chi connectivity index (χ1n) is 15.1. The van der Waals surface area contributed by atoms with Gasteiger partial charge in [-0.15, -0.1) is 9.24 Å². The highest BCUT2D eigenvalue weighted by molar-refractivity contribution is 7.19. The maximum atomic E-state index is 14.3. The van der Waals surface area contributed by atoms with Crippen molar-refractivity contribution >= 4 is 33.2 Å². The quantitative estimate of drug-likeness (QED) is 0.377.